The minimum Gasteiger partial charge on any atom is -0.237 e. The SMILES string of the molecule is CC(C)(C)c1[c]cnn1-c1ccccc1. The van der Waals surface area contributed by atoms with Gasteiger partial charge in [0, 0.05) is 11.5 Å². The van der Waals surface area contributed by atoms with Gasteiger partial charge < -0.3 is 0 Å². The van der Waals surface area contributed by atoms with Crippen LogP contribution in [0.15, 0.2) is 36.5 Å². The van der Waals surface area contributed by atoms with Gasteiger partial charge in [0.1, 0.15) is 0 Å². The largest absolute Gasteiger partial charge is 0.237 e. The lowest BCUT2D eigenvalue weighted by Gasteiger charge is -2.19. The molecular weight excluding hydrogens is 184 g/mol. The van der Waals surface area contributed by atoms with Crippen LogP contribution in [0.1, 0.15) is 26.5 Å². The summed E-state index contributed by atoms with van der Waals surface area (Å²) in [6.07, 6.45) is 1.73. The summed E-state index contributed by atoms with van der Waals surface area (Å²) in [4.78, 5) is 0. The third-order valence-electron chi connectivity index (χ3n) is 2.30. The Labute approximate surface area is 90.6 Å². The van der Waals surface area contributed by atoms with Gasteiger partial charge >= 0.3 is 0 Å². The van der Waals surface area contributed by atoms with Gasteiger partial charge in [-0.15, -0.1) is 0 Å². The fourth-order valence-electron chi connectivity index (χ4n) is 1.57. The minimum absolute atomic E-state index is 0.0618. The van der Waals surface area contributed by atoms with Gasteiger partial charge in [0.2, 0.25) is 0 Å². The second-order valence-electron chi connectivity index (χ2n) is 4.63. The van der Waals surface area contributed by atoms with E-state index in [-0.39, 0.29) is 5.41 Å². The highest BCUT2D eigenvalue weighted by atomic mass is 15.3. The van der Waals surface area contributed by atoms with Crippen LogP contribution < -0.4 is 0 Å². The van der Waals surface area contributed by atoms with Crippen molar-refractivity contribution in [1.29, 1.82) is 0 Å². The summed E-state index contributed by atoms with van der Waals surface area (Å²) in [7, 11) is 0. The first-order valence-corrected chi connectivity index (χ1v) is 5.10. The number of hydrogen-bond acceptors (Lipinski definition) is 1. The van der Waals surface area contributed by atoms with Crippen LogP contribution in [0.25, 0.3) is 5.69 Å². The van der Waals surface area contributed by atoms with Crippen molar-refractivity contribution in [1.82, 2.24) is 9.78 Å². The Bertz CT molecular complexity index is 435. The molecule has 1 radical (unpaired) electrons. The molecule has 0 bridgehead atoms. The average Bonchev–Trinajstić information content (AvgIpc) is 2.67. The van der Waals surface area contributed by atoms with Crippen LogP contribution in [-0.4, -0.2) is 9.78 Å². The number of hydrogen-bond donors (Lipinski definition) is 0. The van der Waals surface area contributed by atoms with Crippen LogP contribution in [0.5, 0.6) is 0 Å². The lowest BCUT2D eigenvalue weighted by Crippen LogP contribution is -2.17. The molecule has 0 aliphatic rings. The summed E-state index contributed by atoms with van der Waals surface area (Å²) in [6.45, 7) is 6.50. The number of benzene rings is 1. The van der Waals surface area contributed by atoms with Crippen molar-refractivity contribution < 1.29 is 0 Å². The van der Waals surface area contributed by atoms with E-state index in [2.05, 4.69) is 44.1 Å². The summed E-state index contributed by atoms with van der Waals surface area (Å²) in [5, 5.41) is 4.31. The first kappa shape index (κ1) is 9.97. The zero-order valence-corrected chi connectivity index (χ0v) is 9.36. The normalized spacial score (nSPS) is 11.7. The maximum atomic E-state index is 4.31. The molecule has 0 saturated heterocycles. The van der Waals surface area contributed by atoms with Gasteiger partial charge in [0.15, 0.2) is 0 Å². The predicted octanol–water partition coefficient (Wildman–Crippen LogP) is 2.97. The summed E-state index contributed by atoms with van der Waals surface area (Å²) < 4.78 is 1.94. The van der Waals surface area contributed by atoms with Gasteiger partial charge in [0.05, 0.1) is 17.6 Å². The average molecular weight is 199 g/mol. The summed E-state index contributed by atoms with van der Waals surface area (Å²) in [5.41, 5.74) is 2.25. The molecule has 2 nitrogen and oxygen atoms in total. The van der Waals surface area contributed by atoms with Gasteiger partial charge in [-0.05, 0) is 12.1 Å². The van der Waals surface area contributed by atoms with Crippen LogP contribution >= 0.6 is 0 Å². The van der Waals surface area contributed by atoms with E-state index in [9.17, 15) is 0 Å². The number of para-hydroxylation sites is 1. The number of aromatic nitrogens is 2. The molecule has 0 saturated carbocycles. The molecule has 0 aliphatic heterocycles. The van der Waals surface area contributed by atoms with Crippen molar-refractivity contribution in [2.24, 2.45) is 0 Å². The Morgan fingerprint density at radius 1 is 1.13 bits per heavy atom. The molecule has 0 aliphatic carbocycles. The monoisotopic (exact) mass is 199 g/mol. The van der Waals surface area contributed by atoms with Crippen molar-refractivity contribution in [3.63, 3.8) is 0 Å². The minimum atomic E-state index is 0.0618. The molecule has 0 N–H and O–H groups in total. The highest BCUT2D eigenvalue weighted by Crippen LogP contribution is 2.23. The lowest BCUT2D eigenvalue weighted by atomic mass is 9.92. The highest BCUT2D eigenvalue weighted by Gasteiger charge is 2.19. The summed E-state index contributed by atoms with van der Waals surface area (Å²) in [5.74, 6) is 0. The molecule has 0 atom stereocenters. The Hall–Kier alpha value is -1.57. The second-order valence-corrected chi connectivity index (χ2v) is 4.63. The quantitative estimate of drug-likeness (QED) is 0.690. The van der Waals surface area contributed by atoms with E-state index >= 15 is 0 Å². The standard InChI is InChI=1S/C13H15N2/c1-13(2,3)12-9-10-14-15(12)11-7-5-4-6-8-11/h4-8,10H,1-3H3. The van der Waals surface area contributed by atoms with Crippen LogP contribution in [0.2, 0.25) is 0 Å². The summed E-state index contributed by atoms with van der Waals surface area (Å²) >= 11 is 0. The van der Waals surface area contributed by atoms with Gasteiger partial charge in [-0.3, -0.25) is 0 Å². The van der Waals surface area contributed by atoms with E-state index in [1.54, 1.807) is 6.20 Å². The van der Waals surface area contributed by atoms with Gasteiger partial charge in [0.25, 0.3) is 0 Å². The molecule has 0 fully saturated rings. The van der Waals surface area contributed by atoms with Crippen LogP contribution in [0, 0.1) is 6.07 Å². The first-order chi connectivity index (χ1) is 7.09. The first-order valence-electron chi connectivity index (χ1n) is 5.10. The molecule has 2 aromatic rings. The fourth-order valence-corrected chi connectivity index (χ4v) is 1.57. The van der Waals surface area contributed by atoms with Gasteiger partial charge in [-0.2, -0.15) is 5.10 Å². The third-order valence-corrected chi connectivity index (χ3v) is 2.30. The lowest BCUT2D eigenvalue weighted by molar-refractivity contribution is 0.543. The number of rotatable bonds is 1. The molecular formula is C13H15N2. The van der Waals surface area contributed by atoms with Crippen LogP contribution in [-0.2, 0) is 5.41 Å². The molecule has 15 heavy (non-hydrogen) atoms. The van der Waals surface area contributed by atoms with Gasteiger partial charge in [-0.1, -0.05) is 39.0 Å². The van der Waals surface area contributed by atoms with E-state index in [1.165, 1.54) is 0 Å². The topological polar surface area (TPSA) is 17.8 Å². The maximum absolute atomic E-state index is 4.31. The molecule has 77 valence electrons. The molecule has 2 rings (SSSR count). The van der Waals surface area contributed by atoms with Crippen molar-refractivity contribution in [3.8, 4) is 5.69 Å². The zero-order chi connectivity index (χ0) is 10.9. The maximum Gasteiger partial charge on any atom is 0.0649 e. The van der Waals surface area contributed by atoms with E-state index in [4.69, 9.17) is 0 Å². The fraction of sp³-hybridized carbons (Fsp3) is 0.308. The Kier molecular flexibility index (Phi) is 2.35. The Morgan fingerprint density at radius 3 is 2.40 bits per heavy atom. The molecule has 0 unspecified atom stereocenters. The highest BCUT2D eigenvalue weighted by molar-refractivity contribution is 5.33. The Morgan fingerprint density at radius 2 is 1.80 bits per heavy atom. The molecule has 2 heteroatoms. The van der Waals surface area contributed by atoms with E-state index in [1.807, 2.05) is 22.9 Å². The van der Waals surface area contributed by atoms with Crippen molar-refractivity contribution in [3.05, 3.63) is 48.3 Å². The van der Waals surface area contributed by atoms with Gasteiger partial charge in [-0.25, -0.2) is 4.68 Å². The van der Waals surface area contributed by atoms with E-state index < -0.39 is 0 Å². The molecule has 1 heterocycles. The molecule has 1 aromatic heterocycles. The van der Waals surface area contributed by atoms with Crippen LogP contribution in [0.3, 0.4) is 0 Å². The van der Waals surface area contributed by atoms with Crippen LogP contribution in [0.4, 0.5) is 0 Å². The smallest absolute Gasteiger partial charge is 0.0649 e. The van der Waals surface area contributed by atoms with E-state index in [0.717, 1.165) is 11.4 Å². The molecule has 0 amide bonds. The van der Waals surface area contributed by atoms with E-state index in [0.29, 0.717) is 0 Å². The second kappa shape index (κ2) is 3.54. The van der Waals surface area contributed by atoms with Crippen molar-refractivity contribution >= 4 is 0 Å². The zero-order valence-electron chi connectivity index (χ0n) is 9.36. The Balaban J connectivity index is 2.51. The molecule has 1 aromatic carbocycles. The summed E-state index contributed by atoms with van der Waals surface area (Å²) in [6, 6.07) is 13.3. The predicted molar refractivity (Wildman–Crippen MR) is 61.1 cm³/mol. The van der Waals surface area contributed by atoms with Crippen molar-refractivity contribution in [2.75, 3.05) is 0 Å². The third kappa shape index (κ3) is 1.94. The number of nitrogens with zero attached hydrogens (tertiary/aromatic N) is 2. The van der Waals surface area contributed by atoms with Crippen molar-refractivity contribution in [2.45, 2.75) is 26.2 Å². The molecule has 0 spiro atoms.